The van der Waals surface area contributed by atoms with Gasteiger partial charge in [0.25, 0.3) is 10.0 Å². The summed E-state index contributed by atoms with van der Waals surface area (Å²) in [5.41, 5.74) is 3.51. The molecule has 0 aliphatic heterocycles. The van der Waals surface area contributed by atoms with Crippen LogP contribution in [0.3, 0.4) is 0 Å². The molecule has 0 aliphatic rings. The van der Waals surface area contributed by atoms with Crippen LogP contribution in [0.2, 0.25) is 0 Å². The molecule has 3 aromatic carbocycles. The Labute approximate surface area is 148 Å². The van der Waals surface area contributed by atoms with Gasteiger partial charge in [-0.25, -0.2) is 8.42 Å². The van der Waals surface area contributed by atoms with Gasteiger partial charge in [0.2, 0.25) is 0 Å². The van der Waals surface area contributed by atoms with Crippen LogP contribution in [0.5, 0.6) is 0 Å². The monoisotopic (exact) mass is 349 g/mol. The van der Waals surface area contributed by atoms with Gasteiger partial charge in [-0.05, 0) is 35.3 Å². The third-order valence-corrected chi connectivity index (χ3v) is 4.75. The molecule has 0 saturated carbocycles. The van der Waals surface area contributed by atoms with E-state index in [1.807, 2.05) is 78.9 Å². The molecule has 126 valence electrons. The molecule has 1 N–H and O–H groups in total. The maximum absolute atomic E-state index is 12.4. The van der Waals surface area contributed by atoms with E-state index >= 15 is 0 Å². The Kier molecular flexibility index (Phi) is 5.31. The third kappa shape index (κ3) is 5.06. The maximum atomic E-state index is 12.4. The van der Waals surface area contributed by atoms with E-state index in [2.05, 4.69) is 4.72 Å². The molecule has 3 nitrogen and oxygen atoms in total. The Bertz CT molecular complexity index is 949. The van der Waals surface area contributed by atoms with Gasteiger partial charge < -0.3 is 0 Å². The van der Waals surface area contributed by atoms with Crippen molar-refractivity contribution in [2.75, 3.05) is 4.72 Å². The maximum Gasteiger partial charge on any atom is 0.255 e. The smallest absolute Gasteiger partial charge is 0.255 e. The van der Waals surface area contributed by atoms with Crippen LogP contribution in [-0.2, 0) is 16.4 Å². The first-order valence-corrected chi connectivity index (χ1v) is 9.55. The normalized spacial score (nSPS) is 11.5. The fourth-order valence-corrected chi connectivity index (χ4v) is 3.42. The molecule has 0 saturated heterocycles. The predicted molar refractivity (Wildman–Crippen MR) is 104 cm³/mol. The van der Waals surface area contributed by atoms with Gasteiger partial charge in [0.1, 0.15) is 0 Å². The fraction of sp³-hybridized carbons (Fsp3) is 0.0476. The van der Waals surface area contributed by atoms with Crippen LogP contribution in [0.15, 0.2) is 90.3 Å². The lowest BCUT2D eigenvalue weighted by Crippen LogP contribution is -2.10. The molecule has 0 atom stereocenters. The number of rotatable bonds is 6. The van der Waals surface area contributed by atoms with Crippen molar-refractivity contribution in [3.05, 3.63) is 107 Å². The quantitative estimate of drug-likeness (QED) is 0.702. The number of nitrogens with one attached hydrogen (secondary N) is 1. The molecule has 0 bridgehead atoms. The zero-order chi connectivity index (χ0) is 17.5. The summed E-state index contributed by atoms with van der Waals surface area (Å²) < 4.78 is 27.4. The number of benzene rings is 3. The third-order valence-electron chi connectivity index (χ3n) is 3.75. The lowest BCUT2D eigenvalue weighted by molar-refractivity contribution is 0.609. The second-order valence-electron chi connectivity index (χ2n) is 5.68. The van der Waals surface area contributed by atoms with E-state index in [9.17, 15) is 8.42 Å². The molecule has 0 heterocycles. The van der Waals surface area contributed by atoms with Crippen LogP contribution in [0.4, 0.5) is 5.69 Å². The van der Waals surface area contributed by atoms with Crippen LogP contribution in [0, 0.1) is 0 Å². The van der Waals surface area contributed by atoms with Gasteiger partial charge in [-0.3, -0.25) is 4.72 Å². The first-order chi connectivity index (χ1) is 12.1. The second-order valence-corrected chi connectivity index (χ2v) is 7.25. The molecule has 0 radical (unpaired) electrons. The van der Waals surface area contributed by atoms with Crippen molar-refractivity contribution < 1.29 is 8.42 Å². The lowest BCUT2D eigenvalue weighted by Gasteiger charge is -2.11. The molecule has 25 heavy (non-hydrogen) atoms. The Morgan fingerprint density at radius 1 is 0.760 bits per heavy atom. The molecule has 0 amide bonds. The van der Waals surface area contributed by atoms with E-state index in [-0.39, 0.29) is 0 Å². The molecule has 0 spiro atoms. The van der Waals surface area contributed by atoms with Gasteiger partial charge >= 0.3 is 0 Å². The van der Waals surface area contributed by atoms with Gasteiger partial charge in [0.05, 0.1) is 11.1 Å². The Morgan fingerprint density at radius 3 is 2.08 bits per heavy atom. The van der Waals surface area contributed by atoms with Crippen molar-refractivity contribution in [1.29, 1.82) is 0 Å². The Hall–Kier alpha value is -2.85. The van der Waals surface area contributed by atoms with E-state index in [1.54, 1.807) is 12.1 Å². The Morgan fingerprint density at radius 2 is 1.36 bits per heavy atom. The summed E-state index contributed by atoms with van der Waals surface area (Å²) in [7, 11) is -3.58. The molecule has 0 unspecified atom stereocenters. The summed E-state index contributed by atoms with van der Waals surface area (Å²) >= 11 is 0. The van der Waals surface area contributed by atoms with E-state index < -0.39 is 10.0 Å². The average Bonchev–Trinajstić information content (AvgIpc) is 2.63. The fourth-order valence-electron chi connectivity index (χ4n) is 2.51. The molecule has 0 aromatic heterocycles. The highest BCUT2D eigenvalue weighted by Gasteiger charge is 2.09. The molecule has 0 aliphatic carbocycles. The van der Waals surface area contributed by atoms with Crippen molar-refractivity contribution in [1.82, 2.24) is 0 Å². The van der Waals surface area contributed by atoms with Crippen molar-refractivity contribution in [2.24, 2.45) is 0 Å². The predicted octanol–water partition coefficient (Wildman–Crippen LogP) is 4.69. The summed E-state index contributed by atoms with van der Waals surface area (Å²) in [4.78, 5) is 0. The second kappa shape index (κ2) is 7.81. The van der Waals surface area contributed by atoms with Crippen LogP contribution in [0.1, 0.15) is 16.7 Å². The molecular formula is C21H19NO2S. The molecule has 3 aromatic rings. The largest absolute Gasteiger partial charge is 0.280 e. The van der Waals surface area contributed by atoms with E-state index in [4.69, 9.17) is 0 Å². The zero-order valence-electron chi connectivity index (χ0n) is 13.7. The summed E-state index contributed by atoms with van der Waals surface area (Å²) in [6, 6.07) is 26.8. The van der Waals surface area contributed by atoms with Gasteiger partial charge in [-0.1, -0.05) is 78.9 Å². The Balaban J connectivity index is 1.79. The number of hydrogen-bond acceptors (Lipinski definition) is 2. The van der Waals surface area contributed by atoms with Crippen molar-refractivity contribution in [3.63, 3.8) is 0 Å². The topological polar surface area (TPSA) is 46.2 Å². The lowest BCUT2D eigenvalue weighted by atomic mass is 10.0. The highest BCUT2D eigenvalue weighted by molar-refractivity contribution is 7.95. The van der Waals surface area contributed by atoms with Crippen molar-refractivity contribution in [3.8, 4) is 0 Å². The highest BCUT2D eigenvalue weighted by atomic mass is 32.2. The molecule has 0 fully saturated rings. The highest BCUT2D eigenvalue weighted by Crippen LogP contribution is 2.20. The van der Waals surface area contributed by atoms with Gasteiger partial charge in [0.15, 0.2) is 0 Å². The van der Waals surface area contributed by atoms with Crippen LogP contribution in [-0.4, -0.2) is 8.42 Å². The van der Waals surface area contributed by atoms with Gasteiger partial charge in [-0.15, -0.1) is 0 Å². The number of sulfonamides is 1. The van der Waals surface area contributed by atoms with E-state index in [0.717, 1.165) is 16.7 Å². The minimum atomic E-state index is -3.58. The number of anilines is 1. The zero-order valence-corrected chi connectivity index (χ0v) is 14.5. The van der Waals surface area contributed by atoms with E-state index in [0.29, 0.717) is 12.1 Å². The summed E-state index contributed by atoms with van der Waals surface area (Å²) in [6.07, 6.45) is 2.25. The molecule has 4 heteroatoms. The van der Waals surface area contributed by atoms with Gasteiger partial charge in [-0.2, -0.15) is 0 Å². The van der Waals surface area contributed by atoms with Crippen molar-refractivity contribution >= 4 is 21.8 Å². The summed E-state index contributed by atoms with van der Waals surface area (Å²) in [5.74, 6) is 0. The minimum Gasteiger partial charge on any atom is -0.280 e. The van der Waals surface area contributed by atoms with Crippen molar-refractivity contribution in [2.45, 2.75) is 6.42 Å². The van der Waals surface area contributed by atoms with Crippen LogP contribution >= 0.6 is 0 Å². The van der Waals surface area contributed by atoms with Gasteiger partial charge in [0, 0.05) is 0 Å². The molecular weight excluding hydrogens is 330 g/mol. The first-order valence-electron chi connectivity index (χ1n) is 8.00. The van der Waals surface area contributed by atoms with E-state index in [1.165, 1.54) is 5.41 Å². The number of hydrogen-bond donors (Lipinski definition) is 1. The van der Waals surface area contributed by atoms with Crippen LogP contribution < -0.4 is 4.72 Å². The standard InChI is InChI=1S/C21H19NO2S/c23-25(24,16-15-18-9-3-1-4-10-18)22-21-14-8-7-13-20(21)17-19-11-5-2-6-12-19/h1-16,22H,17H2. The average molecular weight is 349 g/mol. The summed E-state index contributed by atoms with van der Waals surface area (Å²) in [5, 5.41) is 1.20. The summed E-state index contributed by atoms with van der Waals surface area (Å²) in [6.45, 7) is 0. The minimum absolute atomic E-state index is 0.601. The number of para-hydroxylation sites is 1. The SMILES string of the molecule is O=S(=O)(C=Cc1ccccc1)Nc1ccccc1Cc1ccccc1. The van der Waals surface area contributed by atoms with Crippen LogP contribution in [0.25, 0.3) is 6.08 Å². The first kappa shape index (κ1) is 17.0. The molecule has 3 rings (SSSR count).